The van der Waals surface area contributed by atoms with Gasteiger partial charge in [-0.05, 0) is 5.47 Å². The largest absolute Gasteiger partial charge is 0.488 e. The van der Waals surface area contributed by atoms with Crippen molar-refractivity contribution in [3.8, 4) is 0 Å². The van der Waals surface area contributed by atoms with Crippen LogP contribution in [0, 0.1) is 10.8 Å². The molecule has 2 N–H and O–H groups in total. The van der Waals surface area contributed by atoms with E-state index in [4.69, 9.17) is 0 Å². The summed E-state index contributed by atoms with van der Waals surface area (Å²) in [6.45, 7) is 8.26. The predicted octanol–water partition coefficient (Wildman–Crippen LogP) is 2.10. The van der Waals surface area contributed by atoms with Crippen molar-refractivity contribution in [3.63, 3.8) is 0 Å². The molecule has 1 aliphatic rings. The van der Waals surface area contributed by atoms with Crippen molar-refractivity contribution in [1.29, 1.82) is 0 Å². The third-order valence-corrected chi connectivity index (χ3v) is 2.48. The Kier molecular flexibility index (Phi) is 3.26. The Labute approximate surface area is 92.2 Å². The fourth-order valence-corrected chi connectivity index (χ4v) is 1.48. The van der Waals surface area contributed by atoms with E-state index in [1.54, 1.807) is 6.08 Å². The van der Waals surface area contributed by atoms with E-state index < -0.39 is 7.12 Å². The normalized spacial score (nSPS) is 22.9. The van der Waals surface area contributed by atoms with Crippen LogP contribution in [0.3, 0.4) is 0 Å². The van der Waals surface area contributed by atoms with Crippen LogP contribution in [0.15, 0.2) is 35.9 Å². The molecule has 0 atom stereocenters. The van der Waals surface area contributed by atoms with Crippen molar-refractivity contribution < 1.29 is 10.0 Å². The summed E-state index contributed by atoms with van der Waals surface area (Å²) in [5, 5.41) is 18.4. The monoisotopic (exact) mass is 206 g/mol. The first kappa shape index (κ1) is 12.3. The van der Waals surface area contributed by atoms with Crippen LogP contribution in [-0.2, 0) is 0 Å². The first-order valence-electron chi connectivity index (χ1n) is 5.20. The Morgan fingerprint density at radius 3 is 2.00 bits per heavy atom. The zero-order valence-electron chi connectivity index (χ0n) is 9.86. The van der Waals surface area contributed by atoms with Gasteiger partial charge < -0.3 is 10.0 Å². The van der Waals surface area contributed by atoms with Gasteiger partial charge >= 0.3 is 7.12 Å². The molecule has 1 aliphatic carbocycles. The van der Waals surface area contributed by atoms with E-state index in [0.717, 1.165) is 0 Å². The standard InChI is InChI=1S/C12H19BO2/c1-11(2)6-5-10(13(14)15)9-12(3,4)8-7-11/h5-9,14-15H,1-4H3. The van der Waals surface area contributed by atoms with Crippen molar-refractivity contribution >= 4 is 7.12 Å². The van der Waals surface area contributed by atoms with Crippen LogP contribution in [-0.4, -0.2) is 17.2 Å². The number of hydrogen-bond acceptors (Lipinski definition) is 2. The van der Waals surface area contributed by atoms with Gasteiger partial charge in [0.25, 0.3) is 0 Å². The summed E-state index contributed by atoms with van der Waals surface area (Å²) < 4.78 is 0. The van der Waals surface area contributed by atoms with Crippen LogP contribution >= 0.6 is 0 Å². The van der Waals surface area contributed by atoms with Crippen molar-refractivity contribution in [2.24, 2.45) is 10.8 Å². The van der Waals surface area contributed by atoms with E-state index in [-0.39, 0.29) is 10.8 Å². The van der Waals surface area contributed by atoms with E-state index in [1.807, 2.05) is 26.0 Å². The molecule has 2 nitrogen and oxygen atoms in total. The molecule has 0 saturated heterocycles. The highest BCUT2D eigenvalue weighted by Crippen LogP contribution is 2.30. The van der Waals surface area contributed by atoms with E-state index in [0.29, 0.717) is 5.47 Å². The molecule has 0 unspecified atom stereocenters. The summed E-state index contributed by atoms with van der Waals surface area (Å²) >= 11 is 0. The summed E-state index contributed by atoms with van der Waals surface area (Å²) in [7, 11) is -1.40. The second-order valence-corrected chi connectivity index (χ2v) is 5.33. The van der Waals surface area contributed by atoms with Crippen molar-refractivity contribution in [2.45, 2.75) is 27.7 Å². The van der Waals surface area contributed by atoms with Gasteiger partial charge in [-0.2, -0.15) is 0 Å². The third kappa shape index (κ3) is 3.69. The average Bonchev–Trinajstić information content (AvgIpc) is 2.07. The molecule has 0 fully saturated rings. The maximum absolute atomic E-state index is 9.21. The molecule has 0 saturated carbocycles. The lowest BCUT2D eigenvalue weighted by atomic mass is 9.71. The van der Waals surface area contributed by atoms with Crippen LogP contribution < -0.4 is 0 Å². The molecule has 82 valence electrons. The molecule has 15 heavy (non-hydrogen) atoms. The Bertz CT molecular complexity index is 323. The van der Waals surface area contributed by atoms with Gasteiger partial charge in [0.15, 0.2) is 0 Å². The van der Waals surface area contributed by atoms with Gasteiger partial charge in [0.2, 0.25) is 0 Å². The first-order chi connectivity index (χ1) is 6.72. The summed E-state index contributed by atoms with van der Waals surface area (Å²) in [6.07, 6.45) is 9.87. The molecule has 0 amide bonds. The lowest BCUT2D eigenvalue weighted by molar-refractivity contribution is 0.419. The second-order valence-electron chi connectivity index (χ2n) is 5.33. The van der Waals surface area contributed by atoms with Crippen LogP contribution in [0.25, 0.3) is 0 Å². The lowest BCUT2D eigenvalue weighted by Crippen LogP contribution is -2.19. The topological polar surface area (TPSA) is 40.5 Å². The number of rotatable bonds is 1. The summed E-state index contributed by atoms with van der Waals surface area (Å²) in [4.78, 5) is 0. The predicted molar refractivity (Wildman–Crippen MR) is 64.1 cm³/mol. The van der Waals surface area contributed by atoms with Crippen molar-refractivity contribution in [3.05, 3.63) is 35.9 Å². The number of allylic oxidation sites excluding steroid dienone is 6. The summed E-state index contributed by atoms with van der Waals surface area (Å²) in [5.74, 6) is 0. The zero-order valence-corrected chi connectivity index (χ0v) is 9.86. The second kappa shape index (κ2) is 3.99. The van der Waals surface area contributed by atoms with Gasteiger partial charge in [0.05, 0.1) is 0 Å². The third-order valence-electron chi connectivity index (χ3n) is 2.48. The minimum absolute atomic E-state index is 0.0499. The number of hydrogen-bond donors (Lipinski definition) is 2. The van der Waals surface area contributed by atoms with E-state index >= 15 is 0 Å². The van der Waals surface area contributed by atoms with Crippen molar-refractivity contribution in [1.82, 2.24) is 0 Å². The maximum atomic E-state index is 9.21. The Balaban J connectivity index is 3.16. The molecule has 1 rings (SSSR count). The molecule has 0 aliphatic heterocycles. The molecule has 0 heterocycles. The van der Waals surface area contributed by atoms with Gasteiger partial charge in [0.1, 0.15) is 0 Å². The highest BCUT2D eigenvalue weighted by molar-refractivity contribution is 6.51. The first-order valence-corrected chi connectivity index (χ1v) is 5.20. The molecular formula is C12H19BO2. The Morgan fingerprint density at radius 1 is 0.933 bits per heavy atom. The molecule has 0 radical (unpaired) electrons. The minimum Gasteiger partial charge on any atom is -0.423 e. The summed E-state index contributed by atoms with van der Waals surface area (Å²) in [6, 6.07) is 0. The SMILES string of the molecule is CC1(C)C=CC(B(O)O)=CC(C)(C)C=C1. The minimum atomic E-state index is -1.40. The smallest absolute Gasteiger partial charge is 0.423 e. The quantitative estimate of drug-likeness (QED) is 0.509. The fraction of sp³-hybridized carbons (Fsp3) is 0.500. The fourth-order valence-electron chi connectivity index (χ4n) is 1.48. The van der Waals surface area contributed by atoms with Gasteiger partial charge in [-0.1, -0.05) is 58.1 Å². The van der Waals surface area contributed by atoms with Crippen molar-refractivity contribution in [2.75, 3.05) is 0 Å². The van der Waals surface area contributed by atoms with Crippen LogP contribution in [0.4, 0.5) is 0 Å². The van der Waals surface area contributed by atoms with Gasteiger partial charge in [-0.15, -0.1) is 0 Å². The van der Waals surface area contributed by atoms with E-state index in [9.17, 15) is 10.0 Å². The lowest BCUT2D eigenvalue weighted by Gasteiger charge is -2.24. The molecule has 0 aromatic rings. The Hall–Kier alpha value is -0.795. The Morgan fingerprint density at radius 2 is 1.47 bits per heavy atom. The molecule has 0 bridgehead atoms. The highest BCUT2D eigenvalue weighted by Gasteiger charge is 2.22. The average molecular weight is 206 g/mol. The van der Waals surface area contributed by atoms with Gasteiger partial charge in [-0.25, -0.2) is 0 Å². The molecule has 0 aromatic heterocycles. The molecule has 0 spiro atoms. The maximum Gasteiger partial charge on any atom is 0.488 e. The molecule has 0 aromatic carbocycles. The zero-order chi connectivity index (χ0) is 11.7. The van der Waals surface area contributed by atoms with Crippen LogP contribution in [0.1, 0.15) is 27.7 Å². The molecular weight excluding hydrogens is 187 g/mol. The van der Waals surface area contributed by atoms with E-state index in [2.05, 4.69) is 26.0 Å². The molecule has 3 heteroatoms. The summed E-state index contributed by atoms with van der Waals surface area (Å²) in [5.41, 5.74) is 0.352. The van der Waals surface area contributed by atoms with E-state index in [1.165, 1.54) is 0 Å². The highest BCUT2D eigenvalue weighted by atomic mass is 16.4. The van der Waals surface area contributed by atoms with Crippen LogP contribution in [0.5, 0.6) is 0 Å². The van der Waals surface area contributed by atoms with Crippen LogP contribution in [0.2, 0.25) is 0 Å². The van der Waals surface area contributed by atoms with Gasteiger partial charge in [-0.3, -0.25) is 0 Å². The van der Waals surface area contributed by atoms with Gasteiger partial charge in [0, 0.05) is 10.8 Å².